The number of anilines is 1. The number of amides is 2. The Morgan fingerprint density at radius 2 is 2.14 bits per heavy atom. The third kappa shape index (κ3) is 4.62. The van der Waals surface area contributed by atoms with Crippen LogP contribution in [-0.4, -0.2) is 41.7 Å². The van der Waals surface area contributed by atoms with E-state index in [1.54, 1.807) is 6.92 Å². The Bertz CT molecular complexity index is 522. The van der Waals surface area contributed by atoms with Crippen molar-refractivity contribution in [3.05, 3.63) is 24.0 Å². The van der Waals surface area contributed by atoms with Gasteiger partial charge in [0, 0.05) is 12.1 Å². The Balaban J connectivity index is 2.93. The topological polar surface area (TPSA) is 78.9 Å². The van der Waals surface area contributed by atoms with Crippen LogP contribution >= 0.6 is 0 Å². The molecule has 1 aromatic rings. The van der Waals surface area contributed by atoms with E-state index in [9.17, 15) is 14.0 Å². The smallest absolute Gasteiger partial charge is 0.323 e. The van der Waals surface area contributed by atoms with E-state index in [0.717, 1.165) is 6.07 Å². The number of halogens is 1. The minimum Gasteiger partial charge on any atom is -0.494 e. The summed E-state index contributed by atoms with van der Waals surface area (Å²) in [7, 11) is 1.36. The second-order valence-corrected chi connectivity index (χ2v) is 4.55. The fourth-order valence-electron chi connectivity index (χ4n) is 1.75. The Morgan fingerprint density at radius 3 is 2.67 bits per heavy atom. The van der Waals surface area contributed by atoms with E-state index >= 15 is 0 Å². The molecule has 1 aromatic carbocycles. The van der Waals surface area contributed by atoms with Crippen molar-refractivity contribution >= 4 is 17.7 Å². The number of ether oxygens (including phenoxy) is 1. The van der Waals surface area contributed by atoms with Crippen molar-refractivity contribution in [1.29, 1.82) is 0 Å². The Morgan fingerprint density at radius 1 is 1.48 bits per heavy atom. The molecule has 0 aliphatic carbocycles. The van der Waals surface area contributed by atoms with Gasteiger partial charge in [0.15, 0.2) is 0 Å². The molecule has 0 heterocycles. The van der Waals surface area contributed by atoms with Gasteiger partial charge in [0.1, 0.15) is 18.1 Å². The van der Waals surface area contributed by atoms with Crippen molar-refractivity contribution in [2.24, 2.45) is 0 Å². The van der Waals surface area contributed by atoms with Crippen LogP contribution in [0.5, 0.6) is 5.75 Å². The van der Waals surface area contributed by atoms with Crippen LogP contribution in [-0.2, 0) is 4.79 Å². The fraction of sp³-hybridized carbons (Fsp3) is 0.429. The number of hydrogen-bond donors (Lipinski definition) is 2. The molecule has 0 fully saturated rings. The number of carboxylic acids is 1. The van der Waals surface area contributed by atoms with Gasteiger partial charge in [0.2, 0.25) is 0 Å². The number of nitrogens with zero attached hydrogens (tertiary/aromatic N) is 1. The average Bonchev–Trinajstić information content (AvgIpc) is 2.45. The maximum Gasteiger partial charge on any atom is 0.323 e. The van der Waals surface area contributed by atoms with Crippen molar-refractivity contribution in [3.63, 3.8) is 0 Å². The second-order valence-electron chi connectivity index (χ2n) is 4.55. The molecule has 0 radical (unpaired) electrons. The van der Waals surface area contributed by atoms with Crippen LogP contribution in [0.15, 0.2) is 18.2 Å². The van der Waals surface area contributed by atoms with Crippen molar-refractivity contribution < 1.29 is 23.8 Å². The van der Waals surface area contributed by atoms with E-state index in [1.807, 2.05) is 6.92 Å². The summed E-state index contributed by atoms with van der Waals surface area (Å²) < 4.78 is 18.1. The molecule has 6 nitrogen and oxygen atoms in total. The zero-order valence-corrected chi connectivity index (χ0v) is 12.2. The van der Waals surface area contributed by atoms with Crippen LogP contribution in [0.1, 0.15) is 20.3 Å². The number of carboxylic acid groups (broad SMARTS) is 1. The number of nitrogens with one attached hydrogen (secondary N) is 1. The molecule has 0 saturated heterocycles. The van der Waals surface area contributed by atoms with Crippen molar-refractivity contribution in [2.75, 3.05) is 19.0 Å². The third-order valence-electron chi connectivity index (χ3n) is 3.09. The van der Waals surface area contributed by atoms with E-state index in [0.29, 0.717) is 6.42 Å². The summed E-state index contributed by atoms with van der Waals surface area (Å²) in [6.45, 7) is 3.19. The first-order valence-corrected chi connectivity index (χ1v) is 6.52. The summed E-state index contributed by atoms with van der Waals surface area (Å²) in [5.41, 5.74) is 0.280. The Hall–Kier alpha value is -2.31. The maximum absolute atomic E-state index is 13.1. The lowest BCUT2D eigenvalue weighted by molar-refractivity contribution is -0.138. The number of rotatable bonds is 6. The van der Waals surface area contributed by atoms with Gasteiger partial charge in [0.25, 0.3) is 0 Å². The molecule has 0 aromatic heterocycles. The predicted molar refractivity (Wildman–Crippen MR) is 76.1 cm³/mol. The summed E-state index contributed by atoms with van der Waals surface area (Å²) in [6.07, 6.45) is 0.612. The molecule has 1 unspecified atom stereocenters. The highest BCUT2D eigenvalue weighted by Gasteiger charge is 2.22. The molecule has 116 valence electrons. The third-order valence-corrected chi connectivity index (χ3v) is 3.09. The predicted octanol–water partition coefficient (Wildman–Crippen LogP) is 2.55. The fourth-order valence-corrected chi connectivity index (χ4v) is 1.75. The number of benzene rings is 1. The summed E-state index contributed by atoms with van der Waals surface area (Å²) in [5, 5.41) is 11.4. The highest BCUT2D eigenvalue weighted by atomic mass is 19.1. The monoisotopic (exact) mass is 298 g/mol. The van der Waals surface area contributed by atoms with E-state index in [1.165, 1.54) is 24.1 Å². The van der Waals surface area contributed by atoms with Gasteiger partial charge in [-0.15, -0.1) is 0 Å². The SMILES string of the molecule is CCC(C)N(CC(=O)O)C(=O)Nc1ccc(F)cc1OC. The normalized spacial score (nSPS) is 11.6. The first-order chi connectivity index (χ1) is 9.88. The van der Waals surface area contributed by atoms with Gasteiger partial charge < -0.3 is 20.1 Å². The number of methoxy groups -OCH3 is 1. The van der Waals surface area contributed by atoms with Crippen LogP contribution in [0.2, 0.25) is 0 Å². The van der Waals surface area contributed by atoms with Crippen molar-refractivity contribution in [1.82, 2.24) is 4.90 Å². The second kappa shape index (κ2) is 7.47. The molecule has 0 spiro atoms. The van der Waals surface area contributed by atoms with E-state index in [-0.39, 0.29) is 17.5 Å². The lowest BCUT2D eigenvalue weighted by Gasteiger charge is -2.27. The molecular formula is C14H19FN2O4. The van der Waals surface area contributed by atoms with Gasteiger partial charge in [-0.25, -0.2) is 9.18 Å². The van der Waals surface area contributed by atoms with Gasteiger partial charge in [-0.2, -0.15) is 0 Å². The molecular weight excluding hydrogens is 279 g/mol. The van der Waals surface area contributed by atoms with Crippen LogP contribution in [0.4, 0.5) is 14.9 Å². The van der Waals surface area contributed by atoms with Gasteiger partial charge >= 0.3 is 12.0 Å². The lowest BCUT2D eigenvalue weighted by Crippen LogP contribution is -2.44. The molecule has 21 heavy (non-hydrogen) atoms. The minimum atomic E-state index is -1.10. The number of hydrogen-bond acceptors (Lipinski definition) is 3. The van der Waals surface area contributed by atoms with Gasteiger partial charge in [-0.3, -0.25) is 4.79 Å². The minimum absolute atomic E-state index is 0.169. The van der Waals surface area contributed by atoms with Gasteiger partial charge in [-0.05, 0) is 25.5 Å². The molecule has 0 saturated carbocycles. The van der Waals surface area contributed by atoms with Crippen LogP contribution in [0.25, 0.3) is 0 Å². The highest BCUT2D eigenvalue weighted by Crippen LogP contribution is 2.25. The average molecular weight is 298 g/mol. The Kier molecular flexibility index (Phi) is 5.95. The molecule has 2 N–H and O–H groups in total. The molecule has 0 aliphatic heterocycles. The molecule has 2 amide bonds. The number of carbonyl (C=O) groups is 2. The number of urea groups is 1. The van der Waals surface area contributed by atoms with E-state index in [4.69, 9.17) is 9.84 Å². The zero-order valence-electron chi connectivity index (χ0n) is 12.2. The van der Waals surface area contributed by atoms with Crippen LogP contribution in [0.3, 0.4) is 0 Å². The van der Waals surface area contributed by atoms with Crippen molar-refractivity contribution in [3.8, 4) is 5.75 Å². The standard InChI is InChI=1S/C14H19FN2O4/c1-4-9(2)17(8-13(18)19)14(20)16-11-6-5-10(15)7-12(11)21-3/h5-7,9H,4,8H2,1-3H3,(H,16,20)(H,18,19). The van der Waals surface area contributed by atoms with Gasteiger partial charge in [0.05, 0.1) is 12.8 Å². The van der Waals surface area contributed by atoms with Crippen LogP contribution in [0, 0.1) is 5.82 Å². The van der Waals surface area contributed by atoms with Crippen molar-refractivity contribution in [2.45, 2.75) is 26.3 Å². The van der Waals surface area contributed by atoms with Gasteiger partial charge in [-0.1, -0.05) is 6.92 Å². The summed E-state index contributed by atoms with van der Waals surface area (Å²) in [5.74, 6) is -1.42. The quantitative estimate of drug-likeness (QED) is 0.846. The number of carbonyl (C=O) groups excluding carboxylic acids is 1. The lowest BCUT2D eigenvalue weighted by atomic mass is 10.2. The molecule has 0 aliphatic rings. The zero-order chi connectivity index (χ0) is 16.0. The molecule has 1 atom stereocenters. The van der Waals surface area contributed by atoms with E-state index in [2.05, 4.69) is 5.32 Å². The first kappa shape index (κ1) is 16.7. The molecule has 7 heteroatoms. The summed E-state index contributed by atoms with van der Waals surface area (Å²) in [6, 6.07) is 2.87. The Labute approximate surface area is 122 Å². The highest BCUT2D eigenvalue weighted by molar-refractivity contribution is 5.92. The van der Waals surface area contributed by atoms with Crippen LogP contribution < -0.4 is 10.1 Å². The number of aliphatic carboxylic acids is 1. The summed E-state index contributed by atoms with van der Waals surface area (Å²) >= 11 is 0. The molecule has 0 bridgehead atoms. The van der Waals surface area contributed by atoms with E-state index < -0.39 is 24.4 Å². The first-order valence-electron chi connectivity index (χ1n) is 6.52. The summed E-state index contributed by atoms with van der Waals surface area (Å²) in [4.78, 5) is 24.3. The maximum atomic E-state index is 13.1. The molecule has 1 rings (SSSR count). The largest absolute Gasteiger partial charge is 0.494 e.